The Hall–Kier alpha value is -1.88. The zero-order chi connectivity index (χ0) is 15.2. The number of aromatic nitrogens is 3. The van der Waals surface area contributed by atoms with Crippen LogP contribution in [-0.2, 0) is 13.7 Å². The summed E-state index contributed by atoms with van der Waals surface area (Å²) in [6, 6.07) is 6.69. The summed E-state index contributed by atoms with van der Waals surface area (Å²) >= 11 is 0. The molecule has 0 fully saturated rings. The summed E-state index contributed by atoms with van der Waals surface area (Å²) in [6.07, 6.45) is 2.68. The van der Waals surface area contributed by atoms with Crippen molar-refractivity contribution in [3.05, 3.63) is 41.5 Å². The first-order valence-corrected chi connectivity index (χ1v) is 7.41. The van der Waals surface area contributed by atoms with Gasteiger partial charge in [0.15, 0.2) is 5.82 Å². The molecule has 114 valence electrons. The summed E-state index contributed by atoms with van der Waals surface area (Å²) < 4.78 is 7.56. The van der Waals surface area contributed by atoms with Crippen molar-refractivity contribution in [2.75, 3.05) is 6.54 Å². The van der Waals surface area contributed by atoms with Crippen LogP contribution in [-0.4, -0.2) is 21.3 Å². The van der Waals surface area contributed by atoms with Gasteiger partial charge in [-0.1, -0.05) is 19.1 Å². The predicted molar refractivity (Wildman–Crippen MR) is 83.2 cm³/mol. The number of benzene rings is 1. The fourth-order valence-electron chi connectivity index (χ4n) is 2.18. The smallest absolute Gasteiger partial charge is 0.164 e. The molecule has 0 aliphatic rings. The van der Waals surface area contributed by atoms with Gasteiger partial charge in [-0.2, -0.15) is 5.10 Å². The van der Waals surface area contributed by atoms with E-state index in [4.69, 9.17) is 4.74 Å². The number of hydrogen-bond donors (Lipinski definition) is 1. The summed E-state index contributed by atoms with van der Waals surface area (Å²) in [5.74, 6) is 1.71. The van der Waals surface area contributed by atoms with E-state index in [-0.39, 0.29) is 0 Å². The third-order valence-electron chi connectivity index (χ3n) is 3.56. The fourth-order valence-corrected chi connectivity index (χ4v) is 2.18. The van der Waals surface area contributed by atoms with Gasteiger partial charge in [-0.15, -0.1) is 0 Å². The van der Waals surface area contributed by atoms with Gasteiger partial charge in [0, 0.05) is 13.1 Å². The molecule has 1 aromatic heterocycles. The molecule has 1 aromatic carbocycles. The topological polar surface area (TPSA) is 52.0 Å². The number of ether oxygens (including phenoxy) is 1. The molecule has 0 aliphatic heterocycles. The average molecular weight is 288 g/mol. The Labute approximate surface area is 126 Å². The minimum atomic E-state index is 0.358. The highest BCUT2D eigenvalue weighted by Crippen LogP contribution is 2.23. The molecule has 2 aromatic rings. The first-order valence-electron chi connectivity index (χ1n) is 7.41. The summed E-state index contributed by atoms with van der Waals surface area (Å²) in [7, 11) is 1.86. The van der Waals surface area contributed by atoms with Crippen LogP contribution >= 0.6 is 0 Å². The summed E-state index contributed by atoms with van der Waals surface area (Å²) in [5, 5.41) is 7.53. The zero-order valence-corrected chi connectivity index (χ0v) is 13.3. The van der Waals surface area contributed by atoms with Crippen molar-refractivity contribution < 1.29 is 4.74 Å². The number of rotatable bonds is 7. The molecule has 1 unspecified atom stereocenters. The molecule has 0 bridgehead atoms. The van der Waals surface area contributed by atoms with E-state index in [1.54, 1.807) is 4.68 Å². The fraction of sp³-hybridized carbons (Fsp3) is 0.500. The maximum atomic E-state index is 5.83. The molecule has 1 atom stereocenters. The van der Waals surface area contributed by atoms with Gasteiger partial charge < -0.3 is 10.1 Å². The average Bonchev–Trinajstić information content (AvgIpc) is 2.88. The molecule has 1 N–H and O–H groups in total. The second-order valence-corrected chi connectivity index (χ2v) is 5.29. The largest absolute Gasteiger partial charge is 0.485 e. The molecule has 0 amide bonds. The standard InChI is InChI=1S/C16H24N4O/c1-5-8-17-13(3)14-6-7-15(12(2)9-14)21-10-16-18-11-19-20(16)4/h6-7,9,11,13,17H,5,8,10H2,1-4H3. The van der Waals surface area contributed by atoms with Gasteiger partial charge in [-0.3, -0.25) is 4.68 Å². The van der Waals surface area contributed by atoms with Crippen LogP contribution in [0, 0.1) is 6.92 Å². The Morgan fingerprint density at radius 2 is 2.19 bits per heavy atom. The lowest BCUT2D eigenvalue weighted by molar-refractivity contribution is 0.287. The van der Waals surface area contributed by atoms with Crippen LogP contribution < -0.4 is 10.1 Å². The van der Waals surface area contributed by atoms with Gasteiger partial charge >= 0.3 is 0 Å². The van der Waals surface area contributed by atoms with E-state index in [1.807, 2.05) is 13.1 Å². The van der Waals surface area contributed by atoms with Crippen LogP contribution in [0.4, 0.5) is 0 Å². The van der Waals surface area contributed by atoms with E-state index < -0.39 is 0 Å². The van der Waals surface area contributed by atoms with Crippen LogP contribution in [0.5, 0.6) is 5.75 Å². The Morgan fingerprint density at radius 3 is 2.81 bits per heavy atom. The second kappa shape index (κ2) is 7.22. The number of hydrogen-bond acceptors (Lipinski definition) is 4. The number of nitrogens with zero attached hydrogens (tertiary/aromatic N) is 3. The van der Waals surface area contributed by atoms with E-state index in [1.165, 1.54) is 11.9 Å². The lowest BCUT2D eigenvalue weighted by atomic mass is 10.0. The maximum absolute atomic E-state index is 5.83. The second-order valence-electron chi connectivity index (χ2n) is 5.29. The summed E-state index contributed by atoms with van der Waals surface area (Å²) in [4.78, 5) is 4.16. The van der Waals surface area contributed by atoms with Crippen molar-refractivity contribution in [3.8, 4) is 5.75 Å². The Morgan fingerprint density at radius 1 is 1.38 bits per heavy atom. The monoisotopic (exact) mass is 288 g/mol. The van der Waals surface area contributed by atoms with Crippen molar-refractivity contribution in [2.45, 2.75) is 39.8 Å². The minimum Gasteiger partial charge on any atom is -0.485 e. The van der Waals surface area contributed by atoms with Crippen molar-refractivity contribution in [1.82, 2.24) is 20.1 Å². The first-order chi connectivity index (χ1) is 10.1. The molecule has 2 rings (SSSR count). The molecule has 0 spiro atoms. The van der Waals surface area contributed by atoms with Gasteiger partial charge in [0.1, 0.15) is 18.7 Å². The van der Waals surface area contributed by atoms with E-state index in [0.29, 0.717) is 12.6 Å². The van der Waals surface area contributed by atoms with Gasteiger partial charge in [0.2, 0.25) is 0 Å². The number of aryl methyl sites for hydroxylation is 2. The molecule has 21 heavy (non-hydrogen) atoms. The molecule has 5 nitrogen and oxygen atoms in total. The molecule has 5 heteroatoms. The van der Waals surface area contributed by atoms with Gasteiger partial charge in [-0.05, 0) is 44.0 Å². The van der Waals surface area contributed by atoms with Crippen molar-refractivity contribution in [1.29, 1.82) is 0 Å². The SMILES string of the molecule is CCCNC(C)c1ccc(OCc2ncnn2C)c(C)c1. The zero-order valence-electron chi connectivity index (χ0n) is 13.3. The molecule has 0 saturated carbocycles. The maximum Gasteiger partial charge on any atom is 0.164 e. The highest BCUT2D eigenvalue weighted by Gasteiger charge is 2.08. The summed E-state index contributed by atoms with van der Waals surface area (Å²) in [6.45, 7) is 7.89. The predicted octanol–water partition coefficient (Wildman–Crippen LogP) is 2.76. The van der Waals surface area contributed by atoms with Gasteiger partial charge in [0.25, 0.3) is 0 Å². The Kier molecular flexibility index (Phi) is 5.33. The van der Waals surface area contributed by atoms with E-state index >= 15 is 0 Å². The molecule has 1 heterocycles. The van der Waals surface area contributed by atoms with Crippen LogP contribution in [0.3, 0.4) is 0 Å². The summed E-state index contributed by atoms with van der Waals surface area (Å²) in [5.41, 5.74) is 2.42. The lowest BCUT2D eigenvalue weighted by Crippen LogP contribution is -2.19. The van der Waals surface area contributed by atoms with Gasteiger partial charge in [0.05, 0.1) is 0 Å². The minimum absolute atomic E-state index is 0.358. The van der Waals surface area contributed by atoms with E-state index in [9.17, 15) is 0 Å². The highest BCUT2D eigenvalue weighted by atomic mass is 16.5. The first kappa shape index (κ1) is 15.5. The van der Waals surface area contributed by atoms with Crippen LogP contribution in [0.15, 0.2) is 24.5 Å². The molecule has 0 radical (unpaired) electrons. The van der Waals surface area contributed by atoms with E-state index in [0.717, 1.165) is 30.1 Å². The van der Waals surface area contributed by atoms with Crippen LogP contribution in [0.1, 0.15) is 43.3 Å². The third kappa shape index (κ3) is 4.04. The van der Waals surface area contributed by atoms with Crippen LogP contribution in [0.2, 0.25) is 0 Å². The van der Waals surface area contributed by atoms with Crippen molar-refractivity contribution in [3.63, 3.8) is 0 Å². The third-order valence-corrected chi connectivity index (χ3v) is 3.56. The molecule has 0 aliphatic carbocycles. The quantitative estimate of drug-likeness (QED) is 0.851. The lowest BCUT2D eigenvalue weighted by Gasteiger charge is -2.16. The van der Waals surface area contributed by atoms with Gasteiger partial charge in [-0.25, -0.2) is 4.98 Å². The normalized spacial score (nSPS) is 12.4. The highest BCUT2D eigenvalue weighted by molar-refractivity contribution is 5.37. The molecular weight excluding hydrogens is 264 g/mol. The van der Waals surface area contributed by atoms with Crippen molar-refractivity contribution >= 4 is 0 Å². The molecule has 0 saturated heterocycles. The van der Waals surface area contributed by atoms with Crippen molar-refractivity contribution in [2.24, 2.45) is 7.05 Å². The van der Waals surface area contributed by atoms with Crippen LogP contribution in [0.25, 0.3) is 0 Å². The molecular formula is C16H24N4O. The number of nitrogens with one attached hydrogen (secondary N) is 1. The Balaban J connectivity index is 2.00. The Bertz CT molecular complexity index is 579. The van der Waals surface area contributed by atoms with E-state index in [2.05, 4.69) is 48.3 Å².